The van der Waals surface area contributed by atoms with Gasteiger partial charge in [0.05, 0.1) is 17.1 Å². The average molecular weight is 478 g/mol. The van der Waals surface area contributed by atoms with Crippen LogP contribution in [-0.4, -0.2) is 38.8 Å². The molecular weight excluding hydrogens is 458 g/mol. The number of hydrogen-bond donors (Lipinski definition) is 1. The molecule has 0 fully saturated rings. The molecule has 4 aromatic rings. The molecular formula is C23H19N5O5S. The van der Waals surface area contributed by atoms with Crippen LogP contribution < -0.4 is 25.9 Å². The predicted octanol–water partition coefficient (Wildman–Crippen LogP) is 1.74. The third-order valence-corrected chi connectivity index (χ3v) is 6.01. The summed E-state index contributed by atoms with van der Waals surface area (Å²) in [5.41, 5.74) is 1.28. The Labute approximate surface area is 197 Å². The summed E-state index contributed by atoms with van der Waals surface area (Å²) in [7, 11) is 0. The Balaban J connectivity index is 1.23. The number of benzene rings is 1. The molecule has 34 heavy (non-hydrogen) atoms. The van der Waals surface area contributed by atoms with Crippen molar-refractivity contribution in [2.45, 2.75) is 13.1 Å². The molecule has 0 saturated heterocycles. The smallest absolute Gasteiger partial charge is 0.267 e. The largest absolute Gasteiger partial charge is 0.454 e. The van der Waals surface area contributed by atoms with Gasteiger partial charge in [-0.05, 0) is 41.8 Å². The number of ether oxygens (including phenoxy) is 2. The van der Waals surface area contributed by atoms with Gasteiger partial charge in [0.1, 0.15) is 12.2 Å². The summed E-state index contributed by atoms with van der Waals surface area (Å²) in [4.78, 5) is 37.7. The zero-order valence-corrected chi connectivity index (χ0v) is 18.7. The lowest BCUT2D eigenvalue weighted by molar-refractivity contribution is -0.121. The van der Waals surface area contributed by atoms with Crippen molar-refractivity contribution in [3.8, 4) is 33.3 Å². The number of carbonyl (C=O) groups is 1. The first-order chi connectivity index (χ1) is 16.6. The van der Waals surface area contributed by atoms with Gasteiger partial charge in [0.15, 0.2) is 11.5 Å². The van der Waals surface area contributed by atoms with E-state index in [0.29, 0.717) is 22.9 Å². The fourth-order valence-corrected chi connectivity index (χ4v) is 4.12. The first-order valence-corrected chi connectivity index (χ1v) is 11.3. The highest BCUT2D eigenvalue weighted by atomic mass is 32.1. The van der Waals surface area contributed by atoms with Crippen LogP contribution >= 0.6 is 11.3 Å². The van der Waals surface area contributed by atoms with Crippen molar-refractivity contribution in [3.05, 3.63) is 80.7 Å². The van der Waals surface area contributed by atoms with E-state index in [4.69, 9.17) is 9.47 Å². The molecule has 172 valence electrons. The molecule has 1 N–H and O–H groups in total. The summed E-state index contributed by atoms with van der Waals surface area (Å²) in [5.74, 6) is 0.840. The van der Waals surface area contributed by atoms with E-state index in [2.05, 4.69) is 15.5 Å². The van der Waals surface area contributed by atoms with Crippen molar-refractivity contribution in [2.24, 2.45) is 0 Å². The van der Waals surface area contributed by atoms with Crippen LogP contribution in [0.25, 0.3) is 21.8 Å². The summed E-state index contributed by atoms with van der Waals surface area (Å²) in [6.45, 7) is 0.278. The zero-order valence-electron chi connectivity index (χ0n) is 17.8. The molecule has 11 heteroatoms. The van der Waals surface area contributed by atoms with Crippen molar-refractivity contribution < 1.29 is 14.3 Å². The number of carbonyl (C=O) groups excluding carboxylic acids is 1. The van der Waals surface area contributed by atoms with Gasteiger partial charge in [-0.1, -0.05) is 6.07 Å². The number of thiophene rings is 1. The number of nitrogens with one attached hydrogen (secondary N) is 1. The van der Waals surface area contributed by atoms with Crippen molar-refractivity contribution in [1.82, 2.24) is 24.9 Å². The van der Waals surface area contributed by atoms with Crippen molar-refractivity contribution >= 4 is 17.2 Å². The molecule has 0 bridgehead atoms. The summed E-state index contributed by atoms with van der Waals surface area (Å²) in [6.07, 6.45) is 0. The highest BCUT2D eigenvalue weighted by molar-refractivity contribution is 7.13. The van der Waals surface area contributed by atoms with Gasteiger partial charge in [-0.15, -0.1) is 11.3 Å². The number of amides is 1. The molecule has 0 atom stereocenters. The topological polar surface area (TPSA) is 117 Å². The first-order valence-electron chi connectivity index (χ1n) is 10.4. The van der Waals surface area contributed by atoms with E-state index in [9.17, 15) is 14.4 Å². The third kappa shape index (κ3) is 4.59. The van der Waals surface area contributed by atoms with Crippen LogP contribution in [0.15, 0.2) is 69.6 Å². The Morgan fingerprint density at radius 2 is 1.71 bits per heavy atom. The van der Waals surface area contributed by atoms with Gasteiger partial charge < -0.3 is 14.8 Å². The molecule has 0 radical (unpaired) electrons. The molecule has 4 heterocycles. The van der Waals surface area contributed by atoms with Crippen LogP contribution in [0.3, 0.4) is 0 Å². The predicted molar refractivity (Wildman–Crippen MR) is 125 cm³/mol. The summed E-state index contributed by atoms with van der Waals surface area (Å²) < 4.78 is 13.1. The molecule has 0 aliphatic carbocycles. The maximum Gasteiger partial charge on any atom is 0.267 e. The van der Waals surface area contributed by atoms with Gasteiger partial charge in [-0.2, -0.15) is 10.2 Å². The van der Waals surface area contributed by atoms with E-state index >= 15 is 0 Å². The monoisotopic (exact) mass is 477 g/mol. The summed E-state index contributed by atoms with van der Waals surface area (Å²) >= 11 is 1.53. The minimum atomic E-state index is -0.403. The Morgan fingerprint density at radius 3 is 2.53 bits per heavy atom. The summed E-state index contributed by atoms with van der Waals surface area (Å²) in [6, 6.07) is 15.3. The molecule has 1 aliphatic rings. The van der Waals surface area contributed by atoms with Gasteiger partial charge in [-0.25, -0.2) is 9.36 Å². The third-order valence-electron chi connectivity index (χ3n) is 5.11. The van der Waals surface area contributed by atoms with Crippen LogP contribution in [0.5, 0.6) is 11.5 Å². The molecule has 1 aromatic carbocycles. The fraction of sp³-hybridized carbons (Fsp3) is 0.174. The Bertz CT molecular complexity index is 1460. The summed E-state index contributed by atoms with van der Waals surface area (Å²) in [5, 5.41) is 13.3. The maximum atomic E-state index is 12.4. The second-order valence-corrected chi connectivity index (χ2v) is 8.34. The molecule has 1 aliphatic heterocycles. The molecule has 0 saturated carbocycles. The van der Waals surface area contributed by atoms with E-state index in [1.54, 1.807) is 30.3 Å². The number of aromatic nitrogens is 4. The first kappa shape index (κ1) is 21.6. The number of rotatable bonds is 7. The zero-order chi connectivity index (χ0) is 23.5. The lowest BCUT2D eigenvalue weighted by Crippen LogP contribution is -2.36. The van der Waals surface area contributed by atoms with Crippen LogP contribution in [0, 0.1) is 0 Å². The Hall–Kier alpha value is -4.25. The van der Waals surface area contributed by atoms with E-state index in [-0.39, 0.29) is 32.0 Å². The van der Waals surface area contributed by atoms with Gasteiger partial charge in [-0.3, -0.25) is 14.4 Å². The normalized spacial score (nSPS) is 12.0. The fourth-order valence-electron chi connectivity index (χ4n) is 3.43. The van der Waals surface area contributed by atoms with Gasteiger partial charge >= 0.3 is 0 Å². The molecule has 5 rings (SSSR count). The lowest BCUT2D eigenvalue weighted by atomic mass is 10.1. The van der Waals surface area contributed by atoms with Crippen molar-refractivity contribution in [2.75, 3.05) is 13.3 Å². The van der Waals surface area contributed by atoms with E-state index < -0.39 is 11.5 Å². The standard InChI is InChI=1S/C23H19N5O5S/c29-21(24-9-10-27-22(30)8-5-17(26-27)20-2-1-11-34-20)13-28-23(31)7-4-16(25-28)15-3-6-18-19(12-15)33-14-32-18/h1-8,11-12H,9-10,13-14H2,(H,24,29). The average Bonchev–Trinajstić information content (AvgIpc) is 3.53. The second kappa shape index (κ2) is 9.32. The molecule has 0 spiro atoms. The van der Waals surface area contributed by atoms with E-state index in [0.717, 1.165) is 15.1 Å². The Morgan fingerprint density at radius 1 is 0.941 bits per heavy atom. The van der Waals surface area contributed by atoms with Gasteiger partial charge in [0, 0.05) is 24.2 Å². The van der Waals surface area contributed by atoms with Crippen LogP contribution in [0.1, 0.15) is 0 Å². The van der Waals surface area contributed by atoms with Gasteiger partial charge in [0.2, 0.25) is 12.7 Å². The van der Waals surface area contributed by atoms with Gasteiger partial charge in [0.25, 0.3) is 11.1 Å². The lowest BCUT2D eigenvalue weighted by Gasteiger charge is -2.10. The van der Waals surface area contributed by atoms with E-state index in [1.165, 1.54) is 28.2 Å². The highest BCUT2D eigenvalue weighted by Gasteiger charge is 2.15. The minimum Gasteiger partial charge on any atom is -0.454 e. The number of nitrogens with zero attached hydrogens (tertiary/aromatic N) is 4. The molecule has 0 unspecified atom stereocenters. The van der Waals surface area contributed by atoms with E-state index in [1.807, 2.05) is 17.5 Å². The number of hydrogen-bond acceptors (Lipinski definition) is 8. The molecule has 10 nitrogen and oxygen atoms in total. The molecule has 1 amide bonds. The second-order valence-electron chi connectivity index (χ2n) is 7.39. The maximum absolute atomic E-state index is 12.4. The quantitative estimate of drug-likeness (QED) is 0.431. The van der Waals surface area contributed by atoms with Crippen molar-refractivity contribution in [3.63, 3.8) is 0 Å². The Kier molecular flexibility index (Phi) is 5.91. The van der Waals surface area contributed by atoms with Crippen molar-refractivity contribution in [1.29, 1.82) is 0 Å². The minimum absolute atomic E-state index is 0.159. The van der Waals surface area contributed by atoms with Crippen LogP contribution in [0.2, 0.25) is 0 Å². The highest BCUT2D eigenvalue weighted by Crippen LogP contribution is 2.35. The van der Waals surface area contributed by atoms with Crippen LogP contribution in [-0.2, 0) is 17.9 Å². The SMILES string of the molecule is O=C(Cn1nc(-c2ccc3c(c2)OCO3)ccc1=O)NCCn1nc(-c2cccs2)ccc1=O. The molecule has 3 aromatic heterocycles. The van der Waals surface area contributed by atoms with Crippen LogP contribution in [0.4, 0.5) is 0 Å². The number of fused-ring (bicyclic) bond motifs is 1.